The van der Waals surface area contributed by atoms with E-state index < -0.39 is 17.7 Å². The lowest BCUT2D eigenvalue weighted by Gasteiger charge is -2.23. The third-order valence-corrected chi connectivity index (χ3v) is 8.62. The fraction of sp³-hybridized carbons (Fsp3) is 0.226. The number of hydrogen-bond acceptors (Lipinski definition) is 10. The highest BCUT2D eigenvalue weighted by molar-refractivity contribution is 8.00. The van der Waals surface area contributed by atoms with E-state index in [-0.39, 0.29) is 16.5 Å². The Morgan fingerprint density at radius 3 is 2.38 bits per heavy atom. The van der Waals surface area contributed by atoms with Crippen LogP contribution in [-0.4, -0.2) is 47.3 Å². The van der Waals surface area contributed by atoms with Crippen molar-refractivity contribution in [2.24, 2.45) is 0 Å². The molecule has 1 N–H and O–H groups in total. The predicted molar refractivity (Wildman–Crippen MR) is 162 cm³/mol. The average molecular weight is 604 g/mol. The molecule has 0 spiro atoms. The Labute approximate surface area is 251 Å². The Morgan fingerprint density at radius 1 is 0.952 bits per heavy atom. The van der Waals surface area contributed by atoms with E-state index in [1.807, 2.05) is 44.2 Å². The summed E-state index contributed by atoms with van der Waals surface area (Å²) in [7, 11) is 1.51. The Kier molecular flexibility index (Phi) is 9.09. The van der Waals surface area contributed by atoms with Crippen LogP contribution in [0.2, 0.25) is 0 Å². The highest BCUT2D eigenvalue weighted by Gasteiger charge is 2.48. The molecule has 2 heterocycles. The lowest BCUT2D eigenvalue weighted by atomic mass is 9.95. The Morgan fingerprint density at radius 2 is 1.69 bits per heavy atom. The van der Waals surface area contributed by atoms with E-state index in [9.17, 15) is 14.7 Å². The molecule has 216 valence electrons. The van der Waals surface area contributed by atoms with Crippen LogP contribution in [0.1, 0.15) is 36.6 Å². The van der Waals surface area contributed by atoms with Gasteiger partial charge in [0.15, 0.2) is 15.8 Å². The molecular formula is C31H29N3O6S2. The van der Waals surface area contributed by atoms with E-state index in [1.54, 1.807) is 42.5 Å². The van der Waals surface area contributed by atoms with Crippen molar-refractivity contribution >= 4 is 45.7 Å². The predicted octanol–water partition coefficient (Wildman–Crippen LogP) is 6.26. The number of thioether (sulfide) groups is 1. The molecule has 1 fully saturated rings. The van der Waals surface area contributed by atoms with Gasteiger partial charge in [0, 0.05) is 11.3 Å². The van der Waals surface area contributed by atoms with Crippen LogP contribution in [0.15, 0.2) is 82.7 Å². The van der Waals surface area contributed by atoms with E-state index in [2.05, 4.69) is 10.2 Å². The van der Waals surface area contributed by atoms with E-state index >= 15 is 0 Å². The van der Waals surface area contributed by atoms with Crippen molar-refractivity contribution in [3.8, 4) is 17.2 Å². The number of ketones is 1. The van der Waals surface area contributed by atoms with E-state index in [1.165, 1.54) is 35.1 Å². The third kappa shape index (κ3) is 5.97. The maximum atomic E-state index is 13.6. The van der Waals surface area contributed by atoms with Crippen molar-refractivity contribution in [2.75, 3.05) is 25.2 Å². The summed E-state index contributed by atoms with van der Waals surface area (Å²) in [4.78, 5) is 28.4. The number of anilines is 1. The average Bonchev–Trinajstić information content (AvgIpc) is 3.59. The zero-order valence-electron chi connectivity index (χ0n) is 23.3. The van der Waals surface area contributed by atoms with Crippen molar-refractivity contribution in [1.82, 2.24) is 10.2 Å². The smallest absolute Gasteiger partial charge is 0.301 e. The first-order chi connectivity index (χ1) is 20.4. The molecule has 4 aromatic rings. The number of carbonyl (C=O) groups excluding carboxylic acids is 2. The second-order valence-corrected chi connectivity index (χ2v) is 11.3. The molecule has 0 aliphatic carbocycles. The fourth-order valence-corrected chi connectivity index (χ4v) is 6.41. The maximum Gasteiger partial charge on any atom is 0.301 e. The summed E-state index contributed by atoms with van der Waals surface area (Å²) in [5, 5.41) is 20.3. The molecule has 5 rings (SSSR count). The number of aromatic nitrogens is 2. The van der Waals surface area contributed by atoms with Gasteiger partial charge in [0.1, 0.15) is 11.5 Å². The number of amides is 1. The first-order valence-corrected chi connectivity index (χ1v) is 15.1. The zero-order valence-corrected chi connectivity index (χ0v) is 24.9. The van der Waals surface area contributed by atoms with Crippen LogP contribution in [0.5, 0.6) is 17.2 Å². The molecule has 0 radical (unpaired) electrons. The molecule has 42 heavy (non-hydrogen) atoms. The molecule has 1 saturated heterocycles. The van der Waals surface area contributed by atoms with Gasteiger partial charge in [-0.3, -0.25) is 14.5 Å². The largest absolute Gasteiger partial charge is 0.507 e. The molecule has 9 nitrogen and oxygen atoms in total. The van der Waals surface area contributed by atoms with Gasteiger partial charge in [-0.25, -0.2) is 0 Å². The van der Waals surface area contributed by atoms with Gasteiger partial charge in [0.2, 0.25) is 5.13 Å². The first-order valence-electron chi connectivity index (χ1n) is 13.3. The summed E-state index contributed by atoms with van der Waals surface area (Å²) in [6.45, 7) is 4.66. The molecule has 1 aromatic heterocycles. The number of ether oxygens (including phenoxy) is 3. The van der Waals surface area contributed by atoms with Gasteiger partial charge in [0.25, 0.3) is 5.78 Å². The van der Waals surface area contributed by atoms with E-state index in [4.69, 9.17) is 14.2 Å². The van der Waals surface area contributed by atoms with Gasteiger partial charge in [0.05, 0.1) is 31.9 Å². The molecule has 1 amide bonds. The van der Waals surface area contributed by atoms with Crippen LogP contribution < -0.4 is 19.1 Å². The van der Waals surface area contributed by atoms with Crippen molar-refractivity contribution in [1.29, 1.82) is 0 Å². The Bertz CT molecular complexity index is 1600. The number of benzene rings is 3. The van der Waals surface area contributed by atoms with Crippen LogP contribution in [0.25, 0.3) is 5.76 Å². The lowest BCUT2D eigenvalue weighted by Crippen LogP contribution is -2.29. The Hall–Kier alpha value is -4.35. The van der Waals surface area contributed by atoms with Crippen LogP contribution in [0.3, 0.4) is 0 Å². The number of aliphatic hydroxyl groups is 1. The molecule has 1 atom stereocenters. The van der Waals surface area contributed by atoms with Gasteiger partial charge in [-0.1, -0.05) is 59.5 Å². The van der Waals surface area contributed by atoms with Crippen LogP contribution >= 0.6 is 23.1 Å². The first kappa shape index (κ1) is 29.2. The van der Waals surface area contributed by atoms with E-state index in [0.29, 0.717) is 51.7 Å². The normalized spacial score (nSPS) is 16.1. The van der Waals surface area contributed by atoms with Gasteiger partial charge < -0.3 is 19.3 Å². The molecule has 3 aromatic carbocycles. The summed E-state index contributed by atoms with van der Waals surface area (Å²) >= 11 is 2.70. The molecule has 1 aliphatic heterocycles. The summed E-state index contributed by atoms with van der Waals surface area (Å²) in [6, 6.07) is 20.8. The number of aliphatic hydroxyl groups excluding tert-OH is 1. The standard InChI is InChI=1S/C31H29N3O6S2/c1-4-39-22-14-11-20(12-15-22)27(35)25-26(21-13-16-23(40-5-2)24(17-21)38-3)34(29(37)28(25)36)30-32-33-31(42-30)41-18-19-9-7-6-8-10-19/h6-17,26,35H,4-5,18H2,1-3H3/b27-25-. The highest BCUT2D eigenvalue weighted by Crippen LogP contribution is 2.45. The number of carbonyl (C=O) groups is 2. The SMILES string of the molecule is CCOc1ccc(/C(O)=C2/C(=O)C(=O)N(c3nnc(SCc4ccccc4)s3)C2c2ccc(OCC)c(OC)c2)cc1. The Balaban J connectivity index is 1.57. The fourth-order valence-electron chi connectivity index (χ4n) is 4.58. The topological polar surface area (TPSA) is 111 Å². The summed E-state index contributed by atoms with van der Waals surface area (Å²) in [5.41, 5.74) is 1.96. The summed E-state index contributed by atoms with van der Waals surface area (Å²) < 4.78 is 17.4. The minimum atomic E-state index is -0.985. The zero-order chi connectivity index (χ0) is 29.6. The van der Waals surface area contributed by atoms with Crippen molar-refractivity contribution in [3.05, 3.63) is 95.1 Å². The van der Waals surface area contributed by atoms with Crippen molar-refractivity contribution < 1.29 is 28.9 Å². The highest BCUT2D eigenvalue weighted by atomic mass is 32.2. The number of nitrogens with zero attached hydrogens (tertiary/aromatic N) is 3. The summed E-state index contributed by atoms with van der Waals surface area (Å²) in [6.07, 6.45) is 0. The molecule has 1 unspecified atom stereocenters. The number of methoxy groups -OCH3 is 1. The van der Waals surface area contributed by atoms with Gasteiger partial charge in [-0.2, -0.15) is 0 Å². The second-order valence-electron chi connectivity index (χ2n) is 9.09. The van der Waals surface area contributed by atoms with Gasteiger partial charge in [-0.05, 0) is 61.4 Å². The van der Waals surface area contributed by atoms with Crippen LogP contribution in [0.4, 0.5) is 5.13 Å². The minimum absolute atomic E-state index is 0.0657. The van der Waals surface area contributed by atoms with Crippen LogP contribution in [-0.2, 0) is 15.3 Å². The molecular weight excluding hydrogens is 574 g/mol. The van der Waals surface area contributed by atoms with E-state index in [0.717, 1.165) is 5.56 Å². The monoisotopic (exact) mass is 603 g/mol. The quantitative estimate of drug-likeness (QED) is 0.0698. The maximum absolute atomic E-state index is 13.6. The second kappa shape index (κ2) is 13.1. The molecule has 11 heteroatoms. The number of Topliss-reactive ketones (excluding diaryl/α,β-unsaturated/α-hetero) is 1. The number of rotatable bonds is 11. The van der Waals surface area contributed by atoms with Crippen LogP contribution in [0, 0.1) is 0 Å². The van der Waals surface area contributed by atoms with Gasteiger partial charge in [-0.15, -0.1) is 10.2 Å². The minimum Gasteiger partial charge on any atom is -0.507 e. The van der Waals surface area contributed by atoms with Crippen molar-refractivity contribution in [3.63, 3.8) is 0 Å². The summed E-state index contributed by atoms with van der Waals surface area (Å²) in [5.74, 6) is 0.298. The lowest BCUT2D eigenvalue weighted by molar-refractivity contribution is -0.132. The third-order valence-electron chi connectivity index (χ3n) is 6.49. The molecule has 0 saturated carbocycles. The molecule has 0 bridgehead atoms. The molecule has 1 aliphatic rings. The number of hydrogen-bond donors (Lipinski definition) is 1. The van der Waals surface area contributed by atoms with Gasteiger partial charge >= 0.3 is 5.91 Å². The van der Waals surface area contributed by atoms with Crippen molar-refractivity contribution in [2.45, 2.75) is 30.0 Å².